The van der Waals surface area contributed by atoms with E-state index in [1.165, 1.54) is 0 Å². The Hall–Kier alpha value is -1.36. The molecule has 3 aliphatic heterocycles. The highest BCUT2D eigenvalue weighted by atomic mass is 16.6. The van der Waals surface area contributed by atoms with Crippen LogP contribution in [-0.4, -0.2) is 36.9 Å². The van der Waals surface area contributed by atoms with E-state index in [4.69, 9.17) is 14.2 Å². The van der Waals surface area contributed by atoms with Gasteiger partial charge in [-0.2, -0.15) is 0 Å². The second-order valence-corrected chi connectivity index (χ2v) is 4.37. The van der Waals surface area contributed by atoms with E-state index in [2.05, 4.69) is 6.58 Å². The van der Waals surface area contributed by atoms with Crippen LogP contribution in [0.25, 0.3) is 0 Å². The van der Waals surface area contributed by atoms with Gasteiger partial charge in [0.1, 0.15) is 12.2 Å². The van der Waals surface area contributed by atoms with Crippen molar-refractivity contribution in [2.75, 3.05) is 6.61 Å². The molecule has 0 radical (unpaired) electrons. The number of ether oxygens (including phenoxy) is 3. The van der Waals surface area contributed by atoms with Gasteiger partial charge in [0.2, 0.25) is 0 Å². The van der Waals surface area contributed by atoms with E-state index in [-0.39, 0.29) is 36.1 Å². The average Bonchev–Trinajstić information content (AvgIpc) is 2.91. The molecule has 5 nitrogen and oxygen atoms in total. The van der Waals surface area contributed by atoms with Crippen LogP contribution in [0.5, 0.6) is 0 Å². The summed E-state index contributed by atoms with van der Waals surface area (Å²) in [5, 5.41) is 0. The zero-order chi connectivity index (χ0) is 11.3. The fraction of sp³-hybridized carbons (Fsp3) is 0.636. The van der Waals surface area contributed by atoms with Gasteiger partial charge in [-0.3, -0.25) is 4.79 Å². The maximum Gasteiger partial charge on any atom is 0.330 e. The Morgan fingerprint density at radius 1 is 1.56 bits per heavy atom. The topological polar surface area (TPSA) is 61.8 Å². The van der Waals surface area contributed by atoms with Crippen molar-refractivity contribution >= 4 is 11.9 Å². The highest BCUT2D eigenvalue weighted by molar-refractivity contribution is 5.81. The predicted octanol–water partition coefficient (Wildman–Crippen LogP) is 0.0445. The molecule has 3 aliphatic rings. The third-order valence-corrected chi connectivity index (χ3v) is 3.58. The molecule has 0 aromatic carbocycles. The largest absolute Gasteiger partial charge is 0.465 e. The van der Waals surface area contributed by atoms with Crippen molar-refractivity contribution in [3.63, 3.8) is 0 Å². The van der Waals surface area contributed by atoms with Crippen LogP contribution < -0.4 is 0 Å². The zero-order valence-corrected chi connectivity index (χ0v) is 8.63. The normalized spacial score (nSPS) is 44.0. The molecule has 86 valence electrons. The van der Waals surface area contributed by atoms with E-state index in [9.17, 15) is 9.59 Å². The first-order valence-corrected chi connectivity index (χ1v) is 5.36. The standard InChI is InChI=1S/C11H12O5/c1-2-8(12)15-7-3-6-5-4-14-11(13)9(5)10(7)16-6/h2,5-7,9-10H,1,3-4H2. The summed E-state index contributed by atoms with van der Waals surface area (Å²) in [6.07, 6.45) is 1.11. The van der Waals surface area contributed by atoms with Crippen molar-refractivity contribution in [1.29, 1.82) is 0 Å². The van der Waals surface area contributed by atoms with Gasteiger partial charge < -0.3 is 14.2 Å². The lowest BCUT2D eigenvalue weighted by atomic mass is 9.80. The van der Waals surface area contributed by atoms with Crippen molar-refractivity contribution < 1.29 is 23.8 Å². The maximum atomic E-state index is 11.5. The van der Waals surface area contributed by atoms with Gasteiger partial charge in [-0.15, -0.1) is 0 Å². The SMILES string of the molecule is C=CC(=O)OC1CC2OC1C1C(=O)OCC21. The van der Waals surface area contributed by atoms with Gasteiger partial charge in [-0.05, 0) is 0 Å². The molecule has 16 heavy (non-hydrogen) atoms. The van der Waals surface area contributed by atoms with Crippen LogP contribution in [0.15, 0.2) is 12.7 Å². The molecule has 3 rings (SSSR count). The monoisotopic (exact) mass is 224 g/mol. The average molecular weight is 224 g/mol. The van der Waals surface area contributed by atoms with Gasteiger partial charge >= 0.3 is 11.9 Å². The first-order chi connectivity index (χ1) is 7.70. The molecule has 5 atom stereocenters. The summed E-state index contributed by atoms with van der Waals surface area (Å²) in [5.74, 6) is -0.793. The summed E-state index contributed by atoms with van der Waals surface area (Å²) in [5.41, 5.74) is 0. The zero-order valence-electron chi connectivity index (χ0n) is 8.63. The smallest absolute Gasteiger partial charge is 0.330 e. The van der Waals surface area contributed by atoms with E-state index in [1.807, 2.05) is 0 Å². The molecule has 3 heterocycles. The molecule has 0 aliphatic carbocycles. The second-order valence-electron chi connectivity index (χ2n) is 4.37. The van der Waals surface area contributed by atoms with E-state index in [1.54, 1.807) is 0 Å². The van der Waals surface area contributed by atoms with Crippen LogP contribution in [0.4, 0.5) is 0 Å². The molecule has 0 aromatic rings. The summed E-state index contributed by atoms with van der Waals surface area (Å²) in [6, 6.07) is 0. The summed E-state index contributed by atoms with van der Waals surface area (Å²) in [7, 11) is 0. The Morgan fingerprint density at radius 2 is 2.38 bits per heavy atom. The highest BCUT2D eigenvalue weighted by Gasteiger charge is 2.61. The van der Waals surface area contributed by atoms with Crippen molar-refractivity contribution in [1.82, 2.24) is 0 Å². The number of rotatable bonds is 2. The van der Waals surface area contributed by atoms with Gasteiger partial charge in [-0.25, -0.2) is 4.79 Å². The summed E-state index contributed by atoms with van der Waals surface area (Å²) < 4.78 is 15.8. The number of carbonyl (C=O) groups is 2. The molecule has 0 saturated carbocycles. The van der Waals surface area contributed by atoms with Gasteiger partial charge in [0.15, 0.2) is 0 Å². The van der Waals surface area contributed by atoms with Gasteiger partial charge in [0.25, 0.3) is 0 Å². The summed E-state index contributed by atoms with van der Waals surface area (Å²) >= 11 is 0. The van der Waals surface area contributed by atoms with E-state index < -0.39 is 5.97 Å². The lowest BCUT2D eigenvalue weighted by Crippen LogP contribution is -2.39. The molecule has 0 spiro atoms. The van der Waals surface area contributed by atoms with E-state index >= 15 is 0 Å². The number of hydrogen-bond acceptors (Lipinski definition) is 5. The predicted molar refractivity (Wildman–Crippen MR) is 51.3 cm³/mol. The minimum atomic E-state index is -0.468. The lowest BCUT2D eigenvalue weighted by molar-refractivity contribution is -0.152. The minimum absolute atomic E-state index is 0.0101. The molecule has 0 amide bonds. The van der Waals surface area contributed by atoms with Crippen LogP contribution >= 0.6 is 0 Å². The van der Waals surface area contributed by atoms with Crippen molar-refractivity contribution in [2.24, 2.45) is 11.8 Å². The first-order valence-electron chi connectivity index (χ1n) is 5.36. The van der Waals surface area contributed by atoms with E-state index in [0.29, 0.717) is 13.0 Å². The van der Waals surface area contributed by atoms with Crippen LogP contribution in [0, 0.1) is 11.8 Å². The Bertz CT molecular complexity index is 363. The lowest BCUT2D eigenvalue weighted by Gasteiger charge is -2.24. The molecular formula is C11H12O5. The number of cyclic esters (lactones) is 1. The molecular weight excluding hydrogens is 212 g/mol. The van der Waals surface area contributed by atoms with Crippen molar-refractivity contribution in [3.05, 3.63) is 12.7 Å². The Kier molecular flexibility index (Phi) is 2.04. The molecule has 5 heteroatoms. The first kappa shape index (κ1) is 9.84. The molecule has 0 N–H and O–H groups in total. The Morgan fingerprint density at radius 3 is 3.12 bits per heavy atom. The molecule has 0 aromatic heterocycles. The van der Waals surface area contributed by atoms with Gasteiger partial charge in [0.05, 0.1) is 18.6 Å². The molecule has 5 unspecified atom stereocenters. The fourth-order valence-corrected chi connectivity index (χ4v) is 2.88. The van der Waals surface area contributed by atoms with Crippen LogP contribution in [-0.2, 0) is 23.8 Å². The van der Waals surface area contributed by atoms with E-state index in [0.717, 1.165) is 6.08 Å². The number of esters is 2. The minimum Gasteiger partial charge on any atom is -0.465 e. The van der Waals surface area contributed by atoms with Crippen LogP contribution in [0.3, 0.4) is 0 Å². The number of hydrogen-bond donors (Lipinski definition) is 0. The third kappa shape index (κ3) is 1.21. The summed E-state index contributed by atoms with van der Waals surface area (Å²) in [4.78, 5) is 22.6. The number of fused-ring (bicyclic) bond motifs is 5. The molecule has 3 saturated heterocycles. The van der Waals surface area contributed by atoms with Crippen LogP contribution in [0.1, 0.15) is 6.42 Å². The second kappa shape index (κ2) is 3.31. The van der Waals surface area contributed by atoms with Crippen molar-refractivity contribution in [3.8, 4) is 0 Å². The van der Waals surface area contributed by atoms with Gasteiger partial charge in [-0.1, -0.05) is 6.58 Å². The Labute approximate surface area is 92.3 Å². The third-order valence-electron chi connectivity index (χ3n) is 3.58. The van der Waals surface area contributed by atoms with Crippen LogP contribution in [0.2, 0.25) is 0 Å². The van der Waals surface area contributed by atoms with Crippen molar-refractivity contribution in [2.45, 2.75) is 24.7 Å². The maximum absolute atomic E-state index is 11.5. The Balaban J connectivity index is 1.76. The fourth-order valence-electron chi connectivity index (χ4n) is 2.88. The molecule has 3 fully saturated rings. The summed E-state index contributed by atoms with van der Waals surface area (Å²) in [6.45, 7) is 3.78. The van der Waals surface area contributed by atoms with Gasteiger partial charge in [0, 0.05) is 18.4 Å². The quantitative estimate of drug-likeness (QED) is 0.489. The highest BCUT2D eigenvalue weighted by Crippen LogP contribution is 2.48. The number of carbonyl (C=O) groups excluding carboxylic acids is 2. The molecule has 2 bridgehead atoms.